The largest absolute Gasteiger partial charge is 0.493 e. The molecule has 1 amide bonds. The molecule has 1 aliphatic heterocycles. The van der Waals surface area contributed by atoms with E-state index in [0.29, 0.717) is 18.3 Å². The molecule has 1 saturated heterocycles. The second kappa shape index (κ2) is 7.96. The lowest BCUT2D eigenvalue weighted by atomic mass is 9.92. The fourth-order valence-corrected chi connectivity index (χ4v) is 3.70. The van der Waals surface area contributed by atoms with Crippen molar-refractivity contribution < 1.29 is 22.3 Å². The van der Waals surface area contributed by atoms with E-state index in [4.69, 9.17) is 4.74 Å². The minimum Gasteiger partial charge on any atom is -0.493 e. The predicted octanol–water partition coefficient (Wildman–Crippen LogP) is 2.65. The van der Waals surface area contributed by atoms with Gasteiger partial charge in [0.2, 0.25) is 5.91 Å². The van der Waals surface area contributed by atoms with Gasteiger partial charge in [-0.15, -0.1) is 0 Å². The van der Waals surface area contributed by atoms with Gasteiger partial charge in [0, 0.05) is 32.3 Å². The van der Waals surface area contributed by atoms with E-state index in [0.717, 1.165) is 51.1 Å². The van der Waals surface area contributed by atoms with Gasteiger partial charge in [0.1, 0.15) is 16.5 Å². The van der Waals surface area contributed by atoms with Crippen LogP contribution in [0.1, 0.15) is 32.6 Å². The zero-order valence-electron chi connectivity index (χ0n) is 14.1. The third-order valence-electron chi connectivity index (χ3n) is 4.39. The maximum absolute atomic E-state index is 13.8. The summed E-state index contributed by atoms with van der Waals surface area (Å²) in [4.78, 5) is 12.8. The molecule has 0 radical (unpaired) electrons. The topological polar surface area (TPSA) is 63.7 Å². The van der Waals surface area contributed by atoms with E-state index in [1.54, 1.807) is 6.92 Å². The molecule has 1 aromatic carbocycles. The lowest BCUT2D eigenvalue weighted by Gasteiger charge is -2.31. The van der Waals surface area contributed by atoms with Crippen LogP contribution in [-0.2, 0) is 14.6 Å². The Balaban J connectivity index is 1.73. The SMILES string of the molecule is CC(=O)N1CCC(CCCOc2ccc(S(C)(=O)=O)c(F)c2)CC1. The highest BCUT2D eigenvalue weighted by atomic mass is 32.2. The second-order valence-corrected chi connectivity index (χ2v) is 8.29. The highest BCUT2D eigenvalue weighted by Gasteiger charge is 2.20. The highest BCUT2D eigenvalue weighted by Crippen LogP contribution is 2.23. The number of ether oxygens (including phenoxy) is 1. The summed E-state index contributed by atoms with van der Waals surface area (Å²) in [5.41, 5.74) is 0. The van der Waals surface area contributed by atoms with Crippen molar-refractivity contribution in [2.24, 2.45) is 5.92 Å². The Morgan fingerprint density at radius 1 is 1.33 bits per heavy atom. The first-order chi connectivity index (χ1) is 11.3. The summed E-state index contributed by atoms with van der Waals surface area (Å²) in [7, 11) is -3.56. The molecule has 0 saturated carbocycles. The smallest absolute Gasteiger partial charge is 0.219 e. The van der Waals surface area contributed by atoms with Gasteiger partial charge >= 0.3 is 0 Å². The van der Waals surface area contributed by atoms with Crippen LogP contribution in [0.2, 0.25) is 0 Å². The number of likely N-dealkylation sites (tertiary alicyclic amines) is 1. The number of sulfone groups is 1. The summed E-state index contributed by atoms with van der Waals surface area (Å²) in [5, 5.41) is 0. The summed E-state index contributed by atoms with van der Waals surface area (Å²) in [6.45, 7) is 3.70. The molecule has 1 heterocycles. The monoisotopic (exact) mass is 357 g/mol. The van der Waals surface area contributed by atoms with Gasteiger partial charge in [-0.1, -0.05) is 0 Å². The Morgan fingerprint density at radius 3 is 2.54 bits per heavy atom. The van der Waals surface area contributed by atoms with Crippen molar-refractivity contribution in [3.63, 3.8) is 0 Å². The molecule has 1 aliphatic rings. The molecule has 0 aliphatic carbocycles. The summed E-state index contributed by atoms with van der Waals surface area (Å²) < 4.78 is 42.0. The molecule has 0 spiro atoms. The normalized spacial score (nSPS) is 16.2. The first-order valence-corrected chi connectivity index (χ1v) is 10.0. The number of nitrogens with zero attached hydrogens (tertiary/aromatic N) is 1. The van der Waals surface area contributed by atoms with Crippen LogP contribution in [0.5, 0.6) is 5.75 Å². The standard InChI is InChI=1S/C17H24FNO4S/c1-13(20)19-9-7-14(8-10-19)4-3-11-23-15-5-6-17(16(18)12-15)24(2,21)22/h5-6,12,14H,3-4,7-11H2,1-2H3. The van der Waals surface area contributed by atoms with E-state index >= 15 is 0 Å². The number of piperidine rings is 1. The van der Waals surface area contributed by atoms with Crippen molar-refractivity contribution >= 4 is 15.7 Å². The van der Waals surface area contributed by atoms with Crippen molar-refractivity contribution in [3.8, 4) is 5.75 Å². The molecule has 134 valence electrons. The molecule has 1 aromatic rings. The third kappa shape index (κ3) is 5.19. The van der Waals surface area contributed by atoms with Crippen molar-refractivity contribution in [3.05, 3.63) is 24.0 Å². The second-order valence-electron chi connectivity index (χ2n) is 6.30. The lowest BCUT2D eigenvalue weighted by molar-refractivity contribution is -0.130. The molecule has 0 bridgehead atoms. The molecule has 24 heavy (non-hydrogen) atoms. The first kappa shape index (κ1) is 18.7. The third-order valence-corrected chi connectivity index (χ3v) is 5.52. The molecular weight excluding hydrogens is 333 g/mol. The molecule has 5 nitrogen and oxygen atoms in total. The summed E-state index contributed by atoms with van der Waals surface area (Å²) in [6.07, 6.45) is 4.85. The van der Waals surface area contributed by atoms with Crippen LogP contribution < -0.4 is 4.74 Å². The van der Waals surface area contributed by atoms with Gasteiger partial charge in [0.05, 0.1) is 6.61 Å². The number of halogens is 1. The number of amides is 1. The van der Waals surface area contributed by atoms with Crippen molar-refractivity contribution in [2.45, 2.75) is 37.5 Å². The molecule has 1 fully saturated rings. The number of carbonyl (C=O) groups is 1. The van der Waals surface area contributed by atoms with Gasteiger partial charge in [-0.25, -0.2) is 12.8 Å². The van der Waals surface area contributed by atoms with Gasteiger partial charge < -0.3 is 9.64 Å². The van der Waals surface area contributed by atoms with Gasteiger partial charge in [-0.2, -0.15) is 0 Å². The van der Waals surface area contributed by atoms with Crippen LogP contribution in [-0.4, -0.2) is 45.2 Å². The van der Waals surface area contributed by atoms with E-state index in [9.17, 15) is 17.6 Å². The van der Waals surface area contributed by atoms with Crippen LogP contribution in [0.3, 0.4) is 0 Å². The zero-order chi connectivity index (χ0) is 17.7. The minimum absolute atomic E-state index is 0.136. The molecule has 0 aromatic heterocycles. The van der Waals surface area contributed by atoms with Gasteiger partial charge in [0.15, 0.2) is 9.84 Å². The van der Waals surface area contributed by atoms with Crippen molar-refractivity contribution in [1.82, 2.24) is 4.90 Å². The van der Waals surface area contributed by atoms with E-state index in [-0.39, 0.29) is 10.8 Å². The van der Waals surface area contributed by atoms with Crippen molar-refractivity contribution in [2.75, 3.05) is 26.0 Å². The number of carbonyl (C=O) groups excluding carboxylic acids is 1. The number of benzene rings is 1. The fraction of sp³-hybridized carbons (Fsp3) is 0.588. The molecular formula is C17H24FNO4S. The summed E-state index contributed by atoms with van der Waals surface area (Å²) in [6, 6.07) is 3.82. The molecule has 0 unspecified atom stereocenters. The lowest BCUT2D eigenvalue weighted by Crippen LogP contribution is -2.37. The van der Waals surface area contributed by atoms with E-state index < -0.39 is 15.7 Å². The van der Waals surface area contributed by atoms with E-state index in [2.05, 4.69) is 0 Å². The maximum Gasteiger partial charge on any atom is 0.219 e. The number of hydrogen-bond acceptors (Lipinski definition) is 4. The Morgan fingerprint density at radius 2 is 2.00 bits per heavy atom. The molecule has 2 rings (SSSR count). The Labute approximate surface area is 142 Å². The number of hydrogen-bond donors (Lipinski definition) is 0. The van der Waals surface area contributed by atoms with Crippen LogP contribution >= 0.6 is 0 Å². The Kier molecular flexibility index (Phi) is 6.21. The van der Waals surface area contributed by atoms with Gasteiger partial charge in [-0.3, -0.25) is 4.79 Å². The maximum atomic E-state index is 13.8. The van der Waals surface area contributed by atoms with Crippen LogP contribution in [0.25, 0.3) is 0 Å². The zero-order valence-corrected chi connectivity index (χ0v) is 14.9. The van der Waals surface area contributed by atoms with Crippen LogP contribution in [0, 0.1) is 11.7 Å². The summed E-state index contributed by atoms with van der Waals surface area (Å²) >= 11 is 0. The van der Waals surface area contributed by atoms with Crippen LogP contribution in [0.15, 0.2) is 23.1 Å². The Hall–Kier alpha value is -1.63. The average Bonchev–Trinajstić information content (AvgIpc) is 2.51. The molecule has 0 N–H and O–H groups in total. The summed E-state index contributed by atoms with van der Waals surface area (Å²) in [5.74, 6) is 0.280. The van der Waals surface area contributed by atoms with Crippen LogP contribution in [0.4, 0.5) is 4.39 Å². The van der Waals surface area contributed by atoms with E-state index in [1.165, 1.54) is 12.1 Å². The van der Waals surface area contributed by atoms with Crippen molar-refractivity contribution in [1.29, 1.82) is 0 Å². The molecule has 0 atom stereocenters. The minimum atomic E-state index is -3.56. The molecule has 7 heteroatoms. The average molecular weight is 357 g/mol. The van der Waals surface area contributed by atoms with Gasteiger partial charge in [-0.05, 0) is 43.7 Å². The number of rotatable bonds is 6. The quantitative estimate of drug-likeness (QED) is 0.734. The fourth-order valence-electron chi connectivity index (χ4n) is 2.97. The highest BCUT2D eigenvalue weighted by molar-refractivity contribution is 7.90. The van der Waals surface area contributed by atoms with Gasteiger partial charge in [0.25, 0.3) is 0 Å². The first-order valence-electron chi connectivity index (χ1n) is 8.15. The predicted molar refractivity (Wildman–Crippen MR) is 89.2 cm³/mol. The van der Waals surface area contributed by atoms with E-state index in [1.807, 2.05) is 4.90 Å². The Bertz CT molecular complexity index is 682.